The van der Waals surface area contributed by atoms with Crippen LogP contribution in [-0.4, -0.2) is 43.7 Å². The zero-order valence-corrected chi connectivity index (χ0v) is 10.2. The molecule has 2 rings (SSSR count). The van der Waals surface area contributed by atoms with E-state index in [1.54, 1.807) is 0 Å². The van der Waals surface area contributed by atoms with Gasteiger partial charge in [-0.1, -0.05) is 6.42 Å². The number of likely N-dealkylation sites (tertiary alicyclic amines) is 1. The van der Waals surface area contributed by atoms with Crippen molar-refractivity contribution in [3.05, 3.63) is 0 Å². The first kappa shape index (κ1) is 11.9. The number of nitrogens with two attached hydrogens (primary N) is 1. The summed E-state index contributed by atoms with van der Waals surface area (Å²) in [5.74, 6) is -0.253. The predicted molar refractivity (Wildman–Crippen MR) is 61.9 cm³/mol. The van der Waals surface area contributed by atoms with Gasteiger partial charge in [0, 0.05) is 11.5 Å². The van der Waals surface area contributed by atoms with E-state index >= 15 is 0 Å². The number of piperidine rings is 1. The Bertz CT molecular complexity index is 276. The molecular formula is C12H22N2O2. The fourth-order valence-corrected chi connectivity index (χ4v) is 3.16. The van der Waals surface area contributed by atoms with E-state index in [1.165, 1.54) is 26.4 Å². The molecule has 0 spiro atoms. The highest BCUT2D eigenvalue weighted by atomic mass is 16.5. The molecule has 4 heteroatoms. The van der Waals surface area contributed by atoms with Crippen LogP contribution in [0.1, 0.15) is 32.1 Å². The number of nitrogens with zero attached hydrogens (tertiary/aromatic N) is 1. The molecule has 0 aromatic carbocycles. The second kappa shape index (κ2) is 4.34. The van der Waals surface area contributed by atoms with Crippen LogP contribution in [0.4, 0.5) is 0 Å². The standard InChI is InChI=1S/C12H22N2O2/c1-14-8-4-3-5-9(14)12(6-7-12)10(13)11(15)16-2/h9-10H,3-8,13H2,1-2H3. The third-order valence-corrected chi connectivity index (χ3v) is 4.34. The number of ether oxygens (including phenoxy) is 1. The minimum atomic E-state index is -0.442. The van der Waals surface area contributed by atoms with Gasteiger partial charge in [-0.15, -0.1) is 0 Å². The fraction of sp³-hybridized carbons (Fsp3) is 0.917. The highest BCUT2D eigenvalue weighted by Crippen LogP contribution is 2.54. The van der Waals surface area contributed by atoms with Crippen molar-refractivity contribution in [2.45, 2.75) is 44.2 Å². The molecule has 16 heavy (non-hydrogen) atoms. The van der Waals surface area contributed by atoms with E-state index in [4.69, 9.17) is 10.5 Å². The molecule has 0 amide bonds. The lowest BCUT2D eigenvalue weighted by molar-refractivity contribution is -0.145. The second-order valence-electron chi connectivity index (χ2n) is 5.23. The van der Waals surface area contributed by atoms with Crippen molar-refractivity contribution in [1.29, 1.82) is 0 Å². The number of rotatable bonds is 3. The van der Waals surface area contributed by atoms with Crippen molar-refractivity contribution >= 4 is 5.97 Å². The summed E-state index contributed by atoms with van der Waals surface area (Å²) in [7, 11) is 3.57. The average Bonchev–Trinajstić information content (AvgIpc) is 3.09. The molecule has 2 fully saturated rings. The maximum atomic E-state index is 11.6. The summed E-state index contributed by atoms with van der Waals surface area (Å²) in [6.07, 6.45) is 5.82. The minimum Gasteiger partial charge on any atom is -0.468 e. The molecule has 1 saturated carbocycles. The molecule has 2 N–H and O–H groups in total. The van der Waals surface area contributed by atoms with Crippen LogP contribution in [0.2, 0.25) is 0 Å². The van der Waals surface area contributed by atoms with Crippen LogP contribution < -0.4 is 5.73 Å². The van der Waals surface area contributed by atoms with Gasteiger partial charge in [0.15, 0.2) is 0 Å². The van der Waals surface area contributed by atoms with E-state index < -0.39 is 6.04 Å². The quantitative estimate of drug-likeness (QED) is 0.722. The van der Waals surface area contributed by atoms with Gasteiger partial charge >= 0.3 is 5.97 Å². The third-order valence-electron chi connectivity index (χ3n) is 4.34. The van der Waals surface area contributed by atoms with Crippen LogP contribution in [-0.2, 0) is 9.53 Å². The van der Waals surface area contributed by atoms with Gasteiger partial charge in [0.1, 0.15) is 6.04 Å². The van der Waals surface area contributed by atoms with Gasteiger partial charge in [0.25, 0.3) is 0 Å². The Morgan fingerprint density at radius 1 is 1.50 bits per heavy atom. The number of methoxy groups -OCH3 is 1. The summed E-state index contributed by atoms with van der Waals surface area (Å²) in [5.41, 5.74) is 6.06. The predicted octanol–water partition coefficient (Wildman–Crippen LogP) is 0.751. The third kappa shape index (κ3) is 1.84. The summed E-state index contributed by atoms with van der Waals surface area (Å²) < 4.78 is 4.78. The Labute approximate surface area is 97.1 Å². The lowest BCUT2D eigenvalue weighted by atomic mass is 9.82. The van der Waals surface area contributed by atoms with E-state index in [0.717, 1.165) is 19.4 Å². The first-order valence-electron chi connectivity index (χ1n) is 6.15. The van der Waals surface area contributed by atoms with Crippen molar-refractivity contribution in [3.8, 4) is 0 Å². The lowest BCUT2D eigenvalue weighted by Gasteiger charge is -2.40. The first-order valence-corrected chi connectivity index (χ1v) is 6.15. The van der Waals surface area contributed by atoms with Crippen LogP contribution in [0.25, 0.3) is 0 Å². The number of carbonyl (C=O) groups excluding carboxylic acids is 1. The van der Waals surface area contributed by atoms with E-state index in [9.17, 15) is 4.79 Å². The second-order valence-corrected chi connectivity index (χ2v) is 5.23. The SMILES string of the molecule is COC(=O)C(N)C1(C2CCCCN2C)CC1. The zero-order chi connectivity index (χ0) is 11.8. The summed E-state index contributed by atoms with van der Waals surface area (Å²) in [4.78, 5) is 14.0. The van der Waals surface area contributed by atoms with Crippen LogP contribution in [0, 0.1) is 5.41 Å². The fourth-order valence-electron chi connectivity index (χ4n) is 3.16. The molecule has 2 atom stereocenters. The molecule has 4 nitrogen and oxygen atoms in total. The molecular weight excluding hydrogens is 204 g/mol. The number of carbonyl (C=O) groups is 1. The van der Waals surface area contributed by atoms with Crippen molar-refractivity contribution < 1.29 is 9.53 Å². The van der Waals surface area contributed by atoms with Crippen molar-refractivity contribution in [2.75, 3.05) is 20.7 Å². The van der Waals surface area contributed by atoms with Crippen LogP contribution in [0.3, 0.4) is 0 Å². The van der Waals surface area contributed by atoms with Gasteiger partial charge in [-0.2, -0.15) is 0 Å². The monoisotopic (exact) mass is 226 g/mol. The van der Waals surface area contributed by atoms with Crippen LogP contribution >= 0.6 is 0 Å². The van der Waals surface area contributed by atoms with E-state index in [0.29, 0.717) is 6.04 Å². The Morgan fingerprint density at radius 3 is 2.69 bits per heavy atom. The molecule has 2 aliphatic rings. The molecule has 2 unspecified atom stereocenters. The topological polar surface area (TPSA) is 55.6 Å². The lowest BCUT2D eigenvalue weighted by Crippen LogP contribution is -2.53. The van der Waals surface area contributed by atoms with E-state index in [1.807, 2.05) is 0 Å². The van der Waals surface area contributed by atoms with E-state index in [-0.39, 0.29) is 11.4 Å². The Morgan fingerprint density at radius 2 is 2.19 bits per heavy atom. The van der Waals surface area contributed by atoms with Gasteiger partial charge in [0.2, 0.25) is 0 Å². The molecule has 0 radical (unpaired) electrons. The van der Waals surface area contributed by atoms with Gasteiger partial charge in [0.05, 0.1) is 7.11 Å². The summed E-state index contributed by atoms with van der Waals surface area (Å²) in [6.45, 7) is 1.13. The normalized spacial score (nSPS) is 30.8. The molecule has 0 aromatic rings. The van der Waals surface area contributed by atoms with Gasteiger partial charge < -0.3 is 15.4 Å². The molecule has 92 valence electrons. The van der Waals surface area contributed by atoms with Crippen LogP contribution in [0.5, 0.6) is 0 Å². The minimum absolute atomic E-state index is 0.00225. The van der Waals surface area contributed by atoms with Gasteiger partial charge in [-0.3, -0.25) is 4.79 Å². The first-order chi connectivity index (χ1) is 7.62. The Kier molecular flexibility index (Phi) is 3.22. The van der Waals surface area contributed by atoms with Crippen molar-refractivity contribution in [2.24, 2.45) is 11.1 Å². The molecule has 1 heterocycles. The zero-order valence-electron chi connectivity index (χ0n) is 10.2. The Balaban J connectivity index is 2.09. The summed E-state index contributed by atoms with van der Waals surface area (Å²) >= 11 is 0. The number of hydrogen-bond acceptors (Lipinski definition) is 4. The average molecular weight is 226 g/mol. The molecule has 1 aliphatic carbocycles. The Hall–Kier alpha value is -0.610. The van der Waals surface area contributed by atoms with Crippen molar-refractivity contribution in [1.82, 2.24) is 4.90 Å². The van der Waals surface area contributed by atoms with Crippen LogP contribution in [0.15, 0.2) is 0 Å². The summed E-state index contributed by atoms with van der Waals surface area (Å²) in [5, 5.41) is 0. The highest BCUT2D eigenvalue weighted by molar-refractivity contribution is 5.77. The molecule has 0 aromatic heterocycles. The smallest absolute Gasteiger partial charge is 0.323 e. The molecule has 1 aliphatic heterocycles. The number of esters is 1. The summed E-state index contributed by atoms with van der Waals surface area (Å²) in [6, 6.07) is 0.0263. The maximum absolute atomic E-state index is 11.6. The van der Waals surface area contributed by atoms with Crippen molar-refractivity contribution in [3.63, 3.8) is 0 Å². The molecule has 0 bridgehead atoms. The largest absolute Gasteiger partial charge is 0.468 e. The van der Waals surface area contributed by atoms with Gasteiger partial charge in [-0.25, -0.2) is 0 Å². The highest BCUT2D eigenvalue weighted by Gasteiger charge is 2.57. The van der Waals surface area contributed by atoms with Gasteiger partial charge in [-0.05, 0) is 39.3 Å². The van der Waals surface area contributed by atoms with E-state index in [2.05, 4.69) is 11.9 Å². The molecule has 1 saturated heterocycles. The number of hydrogen-bond donors (Lipinski definition) is 1. The maximum Gasteiger partial charge on any atom is 0.323 e.